The first-order valence-corrected chi connectivity index (χ1v) is 8.91. The number of thiazole rings is 2. The van der Waals surface area contributed by atoms with E-state index in [9.17, 15) is 0 Å². The molecule has 0 bridgehead atoms. The molecule has 0 amide bonds. The summed E-state index contributed by atoms with van der Waals surface area (Å²) in [6.45, 7) is 0. The molecule has 0 radical (unpaired) electrons. The molecule has 0 saturated carbocycles. The molecule has 2 aromatic carbocycles. The molecule has 4 aromatic rings. The molecule has 0 spiro atoms. The number of aromatic nitrogens is 2. The highest BCUT2D eigenvalue weighted by Crippen LogP contribution is 2.33. The van der Waals surface area contributed by atoms with Crippen molar-refractivity contribution in [1.29, 1.82) is 0 Å². The Hall–Kier alpha value is -1.83. The predicted octanol–water partition coefficient (Wildman–Crippen LogP) is 4.45. The van der Waals surface area contributed by atoms with Gasteiger partial charge in [-0.3, -0.25) is 0 Å². The number of hydrogen-bond donors (Lipinski definition) is 3. The van der Waals surface area contributed by atoms with E-state index in [0.717, 1.165) is 31.1 Å². The monoisotopic (exact) mass is 344 g/mol. The Morgan fingerprint density at radius 3 is 2.27 bits per heavy atom. The predicted molar refractivity (Wildman–Crippen MR) is 100 cm³/mol. The van der Waals surface area contributed by atoms with Gasteiger partial charge in [0.25, 0.3) is 0 Å². The third kappa shape index (κ3) is 2.41. The quantitative estimate of drug-likeness (QED) is 0.379. The molecule has 0 fully saturated rings. The van der Waals surface area contributed by atoms with Crippen LogP contribution >= 0.6 is 35.3 Å². The van der Waals surface area contributed by atoms with Crippen molar-refractivity contribution in [3.63, 3.8) is 0 Å². The maximum absolute atomic E-state index is 5.77. The maximum Gasteiger partial charge on any atom is 0.184 e. The summed E-state index contributed by atoms with van der Waals surface area (Å²) in [5, 5.41) is 4.63. The van der Waals surface area contributed by atoms with Crippen molar-refractivity contribution in [2.24, 2.45) is 0 Å². The highest BCUT2D eigenvalue weighted by Gasteiger charge is 2.07. The lowest BCUT2D eigenvalue weighted by Gasteiger charge is -2.01. The summed E-state index contributed by atoms with van der Waals surface area (Å²) in [7, 11) is 0. The lowest BCUT2D eigenvalue weighted by atomic mass is 10.1. The van der Waals surface area contributed by atoms with E-state index >= 15 is 0 Å². The third-order valence-corrected chi connectivity index (χ3v) is 5.34. The fraction of sp³-hybridized carbons (Fsp3) is 0.0667. The van der Waals surface area contributed by atoms with Crippen molar-refractivity contribution in [2.45, 2.75) is 0 Å². The van der Waals surface area contributed by atoms with E-state index in [1.54, 1.807) is 11.3 Å². The molecule has 0 aliphatic heterocycles. The number of nitrogens with two attached hydrogens (primary N) is 1. The van der Waals surface area contributed by atoms with Gasteiger partial charge in [-0.2, -0.15) is 12.6 Å². The summed E-state index contributed by atoms with van der Waals surface area (Å²) in [6, 6.07) is 12.5. The fourth-order valence-corrected chi connectivity index (χ4v) is 4.30. The molecule has 4 nitrogen and oxygen atoms in total. The van der Waals surface area contributed by atoms with Crippen LogP contribution in [0.25, 0.3) is 31.6 Å². The van der Waals surface area contributed by atoms with Crippen LogP contribution in [0.5, 0.6) is 0 Å². The van der Waals surface area contributed by atoms with Crippen molar-refractivity contribution in [3.05, 3.63) is 36.4 Å². The van der Waals surface area contributed by atoms with E-state index in [1.807, 2.05) is 6.07 Å². The second-order valence-electron chi connectivity index (χ2n) is 4.77. The molecular weight excluding hydrogens is 332 g/mol. The van der Waals surface area contributed by atoms with Gasteiger partial charge in [0.05, 0.1) is 26.3 Å². The summed E-state index contributed by atoms with van der Waals surface area (Å²) in [5.74, 6) is 0.580. The zero-order valence-corrected chi connectivity index (χ0v) is 13.9. The topological polar surface area (TPSA) is 63.8 Å². The average Bonchev–Trinajstić information content (AvgIpc) is 3.07. The summed E-state index contributed by atoms with van der Waals surface area (Å²) in [4.78, 5) is 8.82. The molecule has 110 valence electrons. The van der Waals surface area contributed by atoms with Gasteiger partial charge in [0.1, 0.15) is 0 Å². The van der Waals surface area contributed by atoms with Crippen LogP contribution in [0.15, 0.2) is 36.4 Å². The zero-order chi connectivity index (χ0) is 15.1. The van der Waals surface area contributed by atoms with Gasteiger partial charge in [0.15, 0.2) is 10.3 Å². The molecule has 4 rings (SSSR count). The van der Waals surface area contributed by atoms with Crippen LogP contribution < -0.4 is 11.1 Å². The molecule has 0 aliphatic carbocycles. The molecule has 0 saturated heterocycles. The minimum atomic E-state index is 0.580. The van der Waals surface area contributed by atoms with Crippen LogP contribution in [0.2, 0.25) is 0 Å². The van der Waals surface area contributed by atoms with E-state index in [1.165, 1.54) is 16.9 Å². The Bertz CT molecular complexity index is 973. The largest absolute Gasteiger partial charge is 0.375 e. The molecular formula is C15H12N4S3. The van der Waals surface area contributed by atoms with Crippen molar-refractivity contribution < 1.29 is 0 Å². The lowest BCUT2D eigenvalue weighted by molar-refractivity contribution is 1.39. The van der Waals surface area contributed by atoms with Crippen LogP contribution in [-0.2, 0) is 0 Å². The van der Waals surface area contributed by atoms with Gasteiger partial charge in [-0.25, -0.2) is 9.97 Å². The van der Waals surface area contributed by atoms with Gasteiger partial charge in [0, 0.05) is 0 Å². The maximum atomic E-state index is 5.77. The van der Waals surface area contributed by atoms with Crippen LogP contribution in [0.4, 0.5) is 10.3 Å². The Morgan fingerprint density at radius 1 is 0.955 bits per heavy atom. The number of nitrogens with zero attached hydrogens (tertiary/aromatic N) is 2. The molecule has 2 aromatic heterocycles. The van der Waals surface area contributed by atoms with Crippen LogP contribution in [-0.4, -0.2) is 15.8 Å². The highest BCUT2D eigenvalue weighted by atomic mass is 32.1. The number of nitrogen functional groups attached to an aromatic ring is 1. The second-order valence-corrected chi connectivity index (χ2v) is 7.18. The number of thiol groups is 1. The van der Waals surface area contributed by atoms with Crippen molar-refractivity contribution in [1.82, 2.24) is 9.97 Å². The summed E-state index contributed by atoms with van der Waals surface area (Å²) < 4.78 is 2.27. The Morgan fingerprint density at radius 2 is 1.59 bits per heavy atom. The van der Waals surface area contributed by atoms with E-state index in [-0.39, 0.29) is 0 Å². The smallest absolute Gasteiger partial charge is 0.184 e. The Kier molecular flexibility index (Phi) is 3.40. The van der Waals surface area contributed by atoms with Gasteiger partial charge in [-0.1, -0.05) is 34.8 Å². The molecule has 2 heterocycles. The average molecular weight is 344 g/mol. The highest BCUT2D eigenvalue weighted by molar-refractivity contribution is 7.80. The Labute approximate surface area is 140 Å². The van der Waals surface area contributed by atoms with Crippen molar-refractivity contribution in [2.75, 3.05) is 16.9 Å². The molecule has 3 N–H and O–H groups in total. The molecule has 0 atom stereocenters. The second kappa shape index (κ2) is 5.42. The minimum Gasteiger partial charge on any atom is -0.375 e. The first kappa shape index (κ1) is 13.8. The number of hydrogen-bond acceptors (Lipinski definition) is 7. The number of nitrogens with one attached hydrogen (secondary N) is 1. The Balaban J connectivity index is 1.80. The first-order valence-electron chi connectivity index (χ1n) is 6.65. The van der Waals surface area contributed by atoms with Gasteiger partial charge >= 0.3 is 0 Å². The van der Waals surface area contributed by atoms with Gasteiger partial charge in [0.2, 0.25) is 0 Å². The summed E-state index contributed by atoms with van der Waals surface area (Å²) in [5.41, 5.74) is 10.1. The first-order chi connectivity index (χ1) is 10.7. The summed E-state index contributed by atoms with van der Waals surface area (Å²) in [6.07, 6.45) is 0. The minimum absolute atomic E-state index is 0.580. The van der Waals surface area contributed by atoms with Crippen molar-refractivity contribution >= 4 is 66.0 Å². The van der Waals surface area contributed by atoms with Crippen molar-refractivity contribution in [3.8, 4) is 11.1 Å². The summed E-state index contributed by atoms with van der Waals surface area (Å²) >= 11 is 7.32. The lowest BCUT2D eigenvalue weighted by Crippen LogP contribution is -1.91. The molecule has 0 unspecified atom stereocenters. The van der Waals surface area contributed by atoms with Crippen LogP contribution in [0.3, 0.4) is 0 Å². The number of anilines is 2. The number of benzene rings is 2. The molecule has 7 heteroatoms. The normalized spacial score (nSPS) is 11.3. The standard InChI is InChI=1S/C15H12N4S3/c16-14-18-10-3-1-8(5-12(10)21-14)9-2-4-11-13(6-9)22-15(19-11)17-7-20/h1-6,20H,7H2,(H2,16,18)(H,17,19). The van der Waals surface area contributed by atoms with E-state index in [2.05, 4.69) is 58.2 Å². The van der Waals surface area contributed by atoms with Gasteiger partial charge < -0.3 is 11.1 Å². The zero-order valence-electron chi connectivity index (χ0n) is 11.4. The SMILES string of the molecule is Nc1nc2ccc(-c3ccc4nc(NCS)sc4c3)cc2s1. The van der Waals surface area contributed by atoms with E-state index in [4.69, 9.17) is 5.73 Å². The number of fused-ring (bicyclic) bond motifs is 2. The number of rotatable bonds is 3. The van der Waals surface area contributed by atoms with E-state index < -0.39 is 0 Å². The fourth-order valence-electron chi connectivity index (χ4n) is 2.37. The molecule has 22 heavy (non-hydrogen) atoms. The molecule has 0 aliphatic rings. The third-order valence-electron chi connectivity index (χ3n) is 3.36. The van der Waals surface area contributed by atoms with Crippen LogP contribution in [0.1, 0.15) is 0 Å². The van der Waals surface area contributed by atoms with Gasteiger partial charge in [-0.05, 0) is 35.4 Å². The van der Waals surface area contributed by atoms with E-state index in [0.29, 0.717) is 11.0 Å². The van der Waals surface area contributed by atoms with Crippen LogP contribution in [0, 0.1) is 0 Å². The van der Waals surface area contributed by atoms with Gasteiger partial charge in [-0.15, -0.1) is 0 Å².